The second-order valence-electron chi connectivity index (χ2n) is 5.98. The van der Waals surface area contributed by atoms with E-state index in [0.29, 0.717) is 10.9 Å². The molecule has 0 unspecified atom stereocenters. The Kier molecular flexibility index (Phi) is 4.92. The van der Waals surface area contributed by atoms with E-state index >= 15 is 0 Å². The van der Waals surface area contributed by atoms with Gasteiger partial charge < -0.3 is 19.9 Å². The molecular weight excluding hydrogens is 314 g/mol. The molecule has 3 N–H and O–H groups in total. The van der Waals surface area contributed by atoms with Gasteiger partial charge in [-0.1, -0.05) is 13.8 Å². The molecule has 1 atom stereocenters. The van der Waals surface area contributed by atoms with Gasteiger partial charge in [0.25, 0.3) is 0 Å². The zero-order valence-corrected chi connectivity index (χ0v) is 13.6. The monoisotopic (exact) mass is 333 g/mol. The van der Waals surface area contributed by atoms with Crippen LogP contribution >= 0.6 is 0 Å². The molecule has 0 aliphatic rings. The summed E-state index contributed by atoms with van der Waals surface area (Å²) >= 11 is 0. The van der Waals surface area contributed by atoms with Crippen molar-refractivity contribution in [2.75, 3.05) is 0 Å². The predicted molar refractivity (Wildman–Crippen MR) is 87.0 cm³/mol. The summed E-state index contributed by atoms with van der Waals surface area (Å²) in [5.74, 6) is -2.01. The normalized spacial score (nSPS) is 12.3. The number of rotatable bonds is 5. The van der Waals surface area contributed by atoms with Gasteiger partial charge in [0.2, 0.25) is 5.91 Å². The number of hydrogen-bond donors (Lipinski definition) is 3. The first-order valence-electron chi connectivity index (χ1n) is 7.48. The molecule has 0 saturated heterocycles. The highest BCUT2D eigenvalue weighted by molar-refractivity contribution is 5.87. The molecule has 1 amide bonds. The van der Waals surface area contributed by atoms with Gasteiger partial charge in [0.05, 0.1) is 12.0 Å². The van der Waals surface area contributed by atoms with Crippen LogP contribution in [0, 0.1) is 12.8 Å². The maximum atomic E-state index is 12.1. The van der Waals surface area contributed by atoms with Crippen molar-refractivity contribution in [3.05, 3.63) is 39.7 Å². The fourth-order valence-electron chi connectivity index (χ4n) is 2.49. The number of carboxylic acids is 1. The number of carboxylic acid groups (broad SMARTS) is 1. The van der Waals surface area contributed by atoms with Gasteiger partial charge in [0.15, 0.2) is 0 Å². The molecule has 1 heterocycles. The molecule has 1 aromatic heterocycles. The number of fused-ring (bicyclic) bond motifs is 1. The summed E-state index contributed by atoms with van der Waals surface area (Å²) in [5, 5.41) is 21.6. The Bertz CT molecular complexity index is 852. The van der Waals surface area contributed by atoms with E-state index in [1.165, 1.54) is 12.1 Å². The van der Waals surface area contributed by atoms with E-state index in [1.54, 1.807) is 26.8 Å². The fourth-order valence-corrected chi connectivity index (χ4v) is 2.49. The van der Waals surface area contributed by atoms with Crippen molar-refractivity contribution in [2.24, 2.45) is 5.92 Å². The molecule has 1 aromatic carbocycles. The van der Waals surface area contributed by atoms with E-state index in [1.807, 2.05) is 0 Å². The van der Waals surface area contributed by atoms with Gasteiger partial charge in [0, 0.05) is 11.5 Å². The molecular formula is C17H19NO6. The average molecular weight is 333 g/mol. The number of amides is 1. The van der Waals surface area contributed by atoms with Gasteiger partial charge >= 0.3 is 11.6 Å². The van der Waals surface area contributed by atoms with Crippen molar-refractivity contribution < 1.29 is 24.2 Å². The van der Waals surface area contributed by atoms with Crippen LogP contribution in [0.25, 0.3) is 11.0 Å². The van der Waals surface area contributed by atoms with Gasteiger partial charge in [-0.05, 0) is 30.5 Å². The van der Waals surface area contributed by atoms with Crippen LogP contribution in [0.3, 0.4) is 0 Å². The van der Waals surface area contributed by atoms with E-state index in [9.17, 15) is 19.5 Å². The van der Waals surface area contributed by atoms with E-state index < -0.39 is 23.5 Å². The number of benzene rings is 1. The first-order chi connectivity index (χ1) is 11.2. The minimum Gasteiger partial charge on any atom is -0.508 e. The lowest BCUT2D eigenvalue weighted by molar-refractivity contribution is -0.143. The summed E-state index contributed by atoms with van der Waals surface area (Å²) in [6, 6.07) is 3.35. The van der Waals surface area contributed by atoms with Crippen molar-refractivity contribution in [1.29, 1.82) is 0 Å². The maximum absolute atomic E-state index is 12.1. The number of aliphatic carboxylic acids is 1. The Balaban J connectivity index is 2.33. The topological polar surface area (TPSA) is 117 Å². The highest BCUT2D eigenvalue weighted by Gasteiger charge is 2.24. The third-order valence-electron chi connectivity index (χ3n) is 3.86. The first-order valence-corrected chi connectivity index (χ1v) is 7.48. The highest BCUT2D eigenvalue weighted by atomic mass is 16.4. The van der Waals surface area contributed by atoms with Gasteiger partial charge in [-0.25, -0.2) is 9.59 Å². The van der Waals surface area contributed by atoms with Crippen LogP contribution in [0.2, 0.25) is 0 Å². The molecule has 128 valence electrons. The minimum absolute atomic E-state index is 0.0308. The number of phenols is 1. The van der Waals surface area contributed by atoms with Crippen LogP contribution < -0.4 is 10.9 Å². The Morgan fingerprint density at radius 3 is 2.54 bits per heavy atom. The molecule has 2 aromatic rings. The maximum Gasteiger partial charge on any atom is 0.340 e. The standard InChI is InChI=1S/C17H19NO6/c1-8(2)15(16(21)22)18-14(20)7-12-9(3)11-5-4-10(19)6-13(11)24-17(12)23/h4-6,8,15,19H,7H2,1-3H3,(H,18,20)(H,21,22)/t15-/m1/s1. The average Bonchev–Trinajstić information content (AvgIpc) is 2.48. The van der Waals surface area contributed by atoms with E-state index in [0.717, 1.165) is 0 Å². The Hall–Kier alpha value is -2.83. The lowest BCUT2D eigenvalue weighted by Crippen LogP contribution is -2.45. The smallest absolute Gasteiger partial charge is 0.340 e. The zero-order chi connectivity index (χ0) is 18.0. The zero-order valence-electron chi connectivity index (χ0n) is 13.6. The minimum atomic E-state index is -1.13. The van der Waals surface area contributed by atoms with E-state index in [2.05, 4.69) is 5.32 Å². The van der Waals surface area contributed by atoms with Gasteiger partial charge in [-0.15, -0.1) is 0 Å². The molecule has 0 aliphatic carbocycles. The van der Waals surface area contributed by atoms with Crippen molar-refractivity contribution >= 4 is 22.8 Å². The van der Waals surface area contributed by atoms with Gasteiger partial charge in [0.1, 0.15) is 17.4 Å². The Labute approximate surface area is 137 Å². The van der Waals surface area contributed by atoms with Crippen molar-refractivity contribution in [3.63, 3.8) is 0 Å². The molecule has 7 heteroatoms. The quantitative estimate of drug-likeness (QED) is 0.715. The molecule has 0 aliphatic heterocycles. The molecule has 0 radical (unpaired) electrons. The second-order valence-corrected chi connectivity index (χ2v) is 5.98. The SMILES string of the molecule is Cc1c(CC(=O)N[C@@H](C(=O)O)C(C)C)c(=O)oc2cc(O)ccc12. The predicted octanol–water partition coefficient (Wildman–Crippen LogP) is 1.57. The first kappa shape index (κ1) is 17.5. The summed E-state index contributed by atoms with van der Waals surface area (Å²) < 4.78 is 5.14. The van der Waals surface area contributed by atoms with Gasteiger partial charge in [-0.3, -0.25) is 4.79 Å². The van der Waals surface area contributed by atoms with Crippen LogP contribution in [-0.4, -0.2) is 28.1 Å². The molecule has 0 bridgehead atoms. The third-order valence-corrected chi connectivity index (χ3v) is 3.86. The van der Waals surface area contributed by atoms with Crippen LogP contribution in [0.15, 0.2) is 27.4 Å². The number of aromatic hydroxyl groups is 1. The summed E-state index contributed by atoms with van der Waals surface area (Å²) in [6.45, 7) is 5.04. The molecule has 7 nitrogen and oxygen atoms in total. The molecule has 24 heavy (non-hydrogen) atoms. The van der Waals surface area contributed by atoms with Crippen molar-refractivity contribution in [1.82, 2.24) is 5.32 Å². The second kappa shape index (κ2) is 6.74. The van der Waals surface area contributed by atoms with Crippen molar-refractivity contribution in [3.8, 4) is 5.75 Å². The van der Waals surface area contributed by atoms with Crippen LogP contribution in [0.5, 0.6) is 5.75 Å². The molecule has 0 saturated carbocycles. The molecule has 0 fully saturated rings. The van der Waals surface area contributed by atoms with E-state index in [4.69, 9.17) is 9.52 Å². The van der Waals surface area contributed by atoms with Crippen molar-refractivity contribution in [2.45, 2.75) is 33.2 Å². The number of aryl methyl sites for hydroxylation is 1. The van der Waals surface area contributed by atoms with Crippen LogP contribution in [-0.2, 0) is 16.0 Å². The van der Waals surface area contributed by atoms with Crippen LogP contribution in [0.1, 0.15) is 25.0 Å². The number of phenolic OH excluding ortho intramolecular Hbond substituents is 1. The van der Waals surface area contributed by atoms with E-state index in [-0.39, 0.29) is 29.2 Å². The number of carbonyl (C=O) groups is 2. The number of hydrogen-bond acceptors (Lipinski definition) is 5. The van der Waals surface area contributed by atoms with Crippen LogP contribution in [0.4, 0.5) is 0 Å². The third kappa shape index (κ3) is 3.56. The highest BCUT2D eigenvalue weighted by Crippen LogP contribution is 2.23. The molecule has 2 rings (SSSR count). The Morgan fingerprint density at radius 2 is 1.96 bits per heavy atom. The van der Waals surface area contributed by atoms with Gasteiger partial charge in [-0.2, -0.15) is 0 Å². The summed E-state index contributed by atoms with van der Waals surface area (Å²) in [5.41, 5.74) is 0.274. The molecule has 0 spiro atoms. The fraction of sp³-hybridized carbons (Fsp3) is 0.353. The lowest BCUT2D eigenvalue weighted by Gasteiger charge is -2.18. The summed E-state index contributed by atoms with van der Waals surface area (Å²) in [4.78, 5) is 35.4. The Morgan fingerprint density at radius 1 is 1.29 bits per heavy atom. The lowest BCUT2D eigenvalue weighted by atomic mass is 10.0. The number of carbonyl (C=O) groups excluding carboxylic acids is 1. The largest absolute Gasteiger partial charge is 0.508 e. The number of nitrogens with one attached hydrogen (secondary N) is 1. The summed E-state index contributed by atoms with van der Waals surface area (Å²) in [7, 11) is 0. The summed E-state index contributed by atoms with van der Waals surface area (Å²) in [6.07, 6.45) is -0.276.